The molecular weight excluding hydrogens is 308 g/mol. The second kappa shape index (κ2) is 6.80. The number of aromatic nitrogens is 2. The summed E-state index contributed by atoms with van der Waals surface area (Å²) in [5.41, 5.74) is 2.49. The van der Waals surface area contributed by atoms with Gasteiger partial charge in [-0.3, -0.25) is 0 Å². The van der Waals surface area contributed by atoms with Crippen LogP contribution in [0.15, 0.2) is 36.4 Å². The van der Waals surface area contributed by atoms with E-state index < -0.39 is 0 Å². The summed E-state index contributed by atoms with van der Waals surface area (Å²) in [6.07, 6.45) is 0. The molecule has 126 valence electrons. The highest BCUT2D eigenvalue weighted by molar-refractivity contribution is 5.85. The monoisotopic (exact) mass is 328 g/mol. The molecule has 1 aromatic heterocycles. The number of para-hydroxylation sites is 1. The summed E-state index contributed by atoms with van der Waals surface area (Å²) in [6.45, 7) is 0.418. The molecule has 3 aromatic rings. The number of aliphatic hydroxyl groups excluding tert-OH is 1. The third kappa shape index (κ3) is 2.65. The normalized spacial score (nSPS) is 10.8. The van der Waals surface area contributed by atoms with E-state index in [0.29, 0.717) is 18.0 Å². The van der Waals surface area contributed by atoms with Gasteiger partial charge in [0.25, 0.3) is 0 Å². The van der Waals surface area contributed by atoms with Crippen LogP contribution >= 0.6 is 0 Å². The first kappa shape index (κ1) is 16.1. The smallest absolute Gasteiger partial charge is 0.163 e. The number of hydrogen-bond donors (Lipinski definition) is 1. The second-order valence-electron chi connectivity index (χ2n) is 5.21. The van der Waals surface area contributed by atoms with E-state index in [1.54, 1.807) is 21.3 Å². The van der Waals surface area contributed by atoms with E-state index in [2.05, 4.69) is 0 Å². The fourth-order valence-electron chi connectivity index (χ4n) is 2.81. The number of hydrogen-bond acceptors (Lipinski definition) is 5. The Labute approximate surface area is 140 Å². The quantitative estimate of drug-likeness (QED) is 0.754. The third-order valence-corrected chi connectivity index (χ3v) is 3.93. The number of fused-ring (bicyclic) bond motifs is 1. The minimum absolute atomic E-state index is 0.00194. The number of imidazole rings is 1. The van der Waals surface area contributed by atoms with E-state index in [0.717, 1.165) is 28.2 Å². The number of aliphatic hydroxyl groups is 1. The zero-order valence-corrected chi connectivity index (χ0v) is 13.9. The number of methoxy groups -OCH3 is 3. The van der Waals surface area contributed by atoms with Crippen LogP contribution < -0.4 is 14.2 Å². The van der Waals surface area contributed by atoms with Crippen molar-refractivity contribution in [1.82, 2.24) is 9.55 Å². The molecule has 1 N–H and O–H groups in total. The lowest BCUT2D eigenvalue weighted by atomic mass is 10.2. The summed E-state index contributed by atoms with van der Waals surface area (Å²) in [5.74, 6) is 2.69. The minimum atomic E-state index is 0.00194. The Morgan fingerprint density at radius 2 is 1.62 bits per heavy atom. The summed E-state index contributed by atoms with van der Waals surface area (Å²) in [4.78, 5) is 4.73. The molecule has 3 rings (SSSR count). The SMILES string of the molecule is COc1cc2nc(-c3ccccc3OC)n(CCO)c2cc1OC. The Morgan fingerprint density at radius 3 is 2.29 bits per heavy atom. The highest BCUT2D eigenvalue weighted by Crippen LogP contribution is 2.36. The van der Waals surface area contributed by atoms with Gasteiger partial charge in [-0.1, -0.05) is 12.1 Å². The fourth-order valence-corrected chi connectivity index (χ4v) is 2.81. The average Bonchev–Trinajstić information content (AvgIpc) is 2.98. The van der Waals surface area contributed by atoms with Gasteiger partial charge in [0.05, 0.1) is 44.5 Å². The van der Waals surface area contributed by atoms with E-state index in [9.17, 15) is 5.11 Å². The highest BCUT2D eigenvalue weighted by atomic mass is 16.5. The van der Waals surface area contributed by atoms with Crippen LogP contribution in [0.1, 0.15) is 0 Å². The van der Waals surface area contributed by atoms with E-state index in [1.165, 1.54) is 0 Å². The van der Waals surface area contributed by atoms with Crippen molar-refractivity contribution < 1.29 is 19.3 Å². The average molecular weight is 328 g/mol. The molecule has 6 nitrogen and oxygen atoms in total. The predicted octanol–water partition coefficient (Wildman–Crippen LogP) is 2.72. The van der Waals surface area contributed by atoms with Crippen LogP contribution in [-0.2, 0) is 6.54 Å². The van der Waals surface area contributed by atoms with Crippen LogP contribution in [0.3, 0.4) is 0 Å². The van der Waals surface area contributed by atoms with Crippen LogP contribution in [0.4, 0.5) is 0 Å². The van der Waals surface area contributed by atoms with Crippen LogP contribution in [0.2, 0.25) is 0 Å². The largest absolute Gasteiger partial charge is 0.496 e. The minimum Gasteiger partial charge on any atom is -0.496 e. The molecule has 0 atom stereocenters. The maximum atomic E-state index is 9.49. The lowest BCUT2D eigenvalue weighted by molar-refractivity contribution is 0.278. The van der Waals surface area contributed by atoms with Gasteiger partial charge in [-0.2, -0.15) is 0 Å². The topological polar surface area (TPSA) is 65.7 Å². The van der Waals surface area contributed by atoms with Gasteiger partial charge >= 0.3 is 0 Å². The van der Waals surface area contributed by atoms with Gasteiger partial charge in [-0.05, 0) is 12.1 Å². The maximum absolute atomic E-state index is 9.49. The van der Waals surface area contributed by atoms with Crippen molar-refractivity contribution in [3.63, 3.8) is 0 Å². The van der Waals surface area contributed by atoms with Crippen molar-refractivity contribution in [1.29, 1.82) is 0 Å². The van der Waals surface area contributed by atoms with Gasteiger partial charge in [0.1, 0.15) is 11.6 Å². The lowest BCUT2D eigenvalue weighted by Crippen LogP contribution is -2.05. The molecule has 0 bridgehead atoms. The first-order valence-corrected chi connectivity index (χ1v) is 7.60. The molecular formula is C18H20N2O4. The molecule has 0 aliphatic heterocycles. The molecule has 0 amide bonds. The Hall–Kier alpha value is -2.73. The van der Waals surface area contributed by atoms with Crippen molar-refractivity contribution in [2.24, 2.45) is 0 Å². The predicted molar refractivity (Wildman–Crippen MR) is 91.9 cm³/mol. The molecule has 0 aliphatic rings. The second-order valence-corrected chi connectivity index (χ2v) is 5.21. The van der Waals surface area contributed by atoms with Crippen molar-refractivity contribution in [3.05, 3.63) is 36.4 Å². The van der Waals surface area contributed by atoms with Crippen molar-refractivity contribution >= 4 is 11.0 Å². The highest BCUT2D eigenvalue weighted by Gasteiger charge is 2.18. The summed E-state index contributed by atoms with van der Waals surface area (Å²) in [6, 6.07) is 11.4. The molecule has 1 heterocycles. The summed E-state index contributed by atoms with van der Waals surface area (Å²) >= 11 is 0. The van der Waals surface area contributed by atoms with Gasteiger partial charge in [0.2, 0.25) is 0 Å². The van der Waals surface area contributed by atoms with Gasteiger partial charge in [0.15, 0.2) is 11.5 Å². The van der Waals surface area contributed by atoms with Gasteiger partial charge in [-0.25, -0.2) is 4.98 Å². The first-order valence-electron chi connectivity index (χ1n) is 7.60. The van der Waals surface area contributed by atoms with E-state index in [-0.39, 0.29) is 6.61 Å². The van der Waals surface area contributed by atoms with Gasteiger partial charge < -0.3 is 23.9 Å². The molecule has 0 saturated heterocycles. The van der Waals surface area contributed by atoms with E-state index >= 15 is 0 Å². The molecule has 6 heteroatoms. The molecule has 0 radical (unpaired) electrons. The van der Waals surface area contributed by atoms with Crippen molar-refractivity contribution in [3.8, 4) is 28.6 Å². The summed E-state index contributed by atoms with van der Waals surface area (Å²) in [5, 5.41) is 9.49. The van der Waals surface area contributed by atoms with Crippen LogP contribution in [0.5, 0.6) is 17.2 Å². The molecule has 0 saturated carbocycles. The number of rotatable bonds is 6. The Bertz CT molecular complexity index is 858. The molecule has 0 aliphatic carbocycles. The van der Waals surface area contributed by atoms with Gasteiger partial charge in [0, 0.05) is 18.7 Å². The van der Waals surface area contributed by atoms with Crippen LogP contribution in [0, 0.1) is 0 Å². The molecule has 0 unspecified atom stereocenters. The zero-order valence-electron chi connectivity index (χ0n) is 13.9. The number of nitrogens with zero attached hydrogens (tertiary/aromatic N) is 2. The van der Waals surface area contributed by atoms with Gasteiger partial charge in [-0.15, -0.1) is 0 Å². The maximum Gasteiger partial charge on any atom is 0.163 e. The first-order chi connectivity index (χ1) is 11.7. The fraction of sp³-hybridized carbons (Fsp3) is 0.278. The van der Waals surface area contributed by atoms with Crippen molar-refractivity contribution in [2.75, 3.05) is 27.9 Å². The number of ether oxygens (including phenoxy) is 3. The van der Waals surface area contributed by atoms with Crippen LogP contribution in [-0.4, -0.2) is 42.6 Å². The van der Waals surface area contributed by atoms with E-state index in [1.807, 2.05) is 41.0 Å². The molecule has 0 spiro atoms. The standard InChI is InChI=1S/C18H20N2O4/c1-22-15-7-5-4-6-12(15)18-19-13-10-16(23-2)17(24-3)11-14(13)20(18)8-9-21/h4-7,10-11,21H,8-9H2,1-3H3. The molecule has 24 heavy (non-hydrogen) atoms. The summed E-state index contributed by atoms with van der Waals surface area (Å²) < 4.78 is 18.1. The van der Waals surface area contributed by atoms with E-state index in [4.69, 9.17) is 19.2 Å². The number of benzene rings is 2. The molecule has 0 fully saturated rings. The Kier molecular flexibility index (Phi) is 4.57. The summed E-state index contributed by atoms with van der Waals surface area (Å²) in [7, 11) is 4.82. The van der Waals surface area contributed by atoms with Crippen LogP contribution in [0.25, 0.3) is 22.4 Å². The van der Waals surface area contributed by atoms with Crippen molar-refractivity contribution in [2.45, 2.75) is 6.54 Å². The molecule has 2 aromatic carbocycles. The zero-order chi connectivity index (χ0) is 17.1. The third-order valence-electron chi connectivity index (χ3n) is 3.93. The Morgan fingerprint density at radius 1 is 0.958 bits per heavy atom. The lowest BCUT2D eigenvalue weighted by Gasteiger charge is -2.11. The Balaban J connectivity index is 2.29.